The molecule has 2 atom stereocenters. The van der Waals surface area contributed by atoms with E-state index in [2.05, 4.69) is 25.8 Å². The predicted octanol–water partition coefficient (Wildman–Crippen LogP) is 5.61. The van der Waals surface area contributed by atoms with E-state index in [0.29, 0.717) is 25.3 Å². The van der Waals surface area contributed by atoms with E-state index in [-0.39, 0.29) is 24.5 Å². The number of alkyl carbamates (subject to hydrolysis) is 1. The van der Waals surface area contributed by atoms with Gasteiger partial charge in [-0.15, -0.1) is 0 Å². The molecule has 3 heterocycles. The van der Waals surface area contributed by atoms with Crippen molar-refractivity contribution in [2.45, 2.75) is 58.0 Å². The number of hydrazone groups is 1. The SMILES string of the molecule is COCCOc1ccc2ccc(/C=N\Nc3ccc([C@@H](N4CC[C@H](NC(=O)OC(C)(C)C)C4)C(F)(F)F)cn3)nc2c1C. The van der Waals surface area contributed by atoms with Crippen molar-refractivity contribution < 1.29 is 32.2 Å². The largest absolute Gasteiger partial charge is 0.491 e. The minimum atomic E-state index is -4.54. The van der Waals surface area contributed by atoms with Gasteiger partial charge in [0.15, 0.2) is 0 Å². The summed E-state index contributed by atoms with van der Waals surface area (Å²) < 4.78 is 58.5. The summed E-state index contributed by atoms with van der Waals surface area (Å²) in [5.74, 6) is 0.993. The molecule has 1 aromatic carbocycles. The number of methoxy groups -OCH3 is 1. The summed E-state index contributed by atoms with van der Waals surface area (Å²) >= 11 is 0. The highest BCUT2D eigenvalue weighted by Gasteiger charge is 2.47. The molecular weight excluding hydrogens is 565 g/mol. The Morgan fingerprint density at radius 3 is 2.60 bits per heavy atom. The number of carbonyl (C=O) groups is 1. The van der Waals surface area contributed by atoms with Gasteiger partial charge in [-0.1, -0.05) is 12.1 Å². The number of pyridine rings is 2. The summed E-state index contributed by atoms with van der Waals surface area (Å²) in [5, 5.41) is 7.78. The number of aryl methyl sites for hydroxylation is 1. The number of halogens is 3. The third-order valence-corrected chi connectivity index (χ3v) is 6.73. The zero-order chi connectivity index (χ0) is 31.2. The summed E-state index contributed by atoms with van der Waals surface area (Å²) in [6.07, 6.45) is -2.12. The summed E-state index contributed by atoms with van der Waals surface area (Å²) in [4.78, 5) is 22.2. The third kappa shape index (κ3) is 8.77. The summed E-state index contributed by atoms with van der Waals surface area (Å²) in [6, 6.07) is 8.05. The molecule has 0 spiro atoms. The monoisotopic (exact) mass is 602 g/mol. The van der Waals surface area contributed by atoms with Crippen LogP contribution < -0.4 is 15.5 Å². The number of aromatic nitrogens is 2. The van der Waals surface area contributed by atoms with Crippen molar-refractivity contribution in [3.05, 3.63) is 59.4 Å². The van der Waals surface area contributed by atoms with Gasteiger partial charge in [0, 0.05) is 43.4 Å². The number of fused-ring (bicyclic) bond motifs is 1. The van der Waals surface area contributed by atoms with Crippen molar-refractivity contribution in [1.29, 1.82) is 0 Å². The first-order valence-corrected chi connectivity index (χ1v) is 13.9. The van der Waals surface area contributed by atoms with Gasteiger partial charge in [-0.3, -0.25) is 10.3 Å². The lowest BCUT2D eigenvalue weighted by Gasteiger charge is -2.30. The number of carbonyl (C=O) groups excluding carboxylic acids is 1. The summed E-state index contributed by atoms with van der Waals surface area (Å²) in [5.41, 5.74) is 4.28. The van der Waals surface area contributed by atoms with Gasteiger partial charge in [0.1, 0.15) is 29.8 Å². The number of nitrogens with zero attached hydrogens (tertiary/aromatic N) is 4. The van der Waals surface area contributed by atoms with E-state index >= 15 is 0 Å². The van der Waals surface area contributed by atoms with Crippen LogP contribution in [0.1, 0.15) is 50.1 Å². The molecule has 1 saturated heterocycles. The topological polar surface area (TPSA) is 110 Å². The molecule has 13 heteroatoms. The van der Waals surface area contributed by atoms with Crippen LogP contribution in [-0.2, 0) is 9.47 Å². The first kappa shape index (κ1) is 32.0. The lowest BCUT2D eigenvalue weighted by atomic mass is 10.1. The van der Waals surface area contributed by atoms with E-state index in [0.717, 1.165) is 22.2 Å². The Bertz CT molecular complexity index is 1430. The Morgan fingerprint density at radius 1 is 1.16 bits per heavy atom. The smallest absolute Gasteiger partial charge is 0.408 e. The second kappa shape index (κ2) is 13.6. The van der Waals surface area contributed by atoms with Crippen LogP contribution in [0.5, 0.6) is 5.75 Å². The fourth-order valence-corrected chi connectivity index (χ4v) is 4.81. The number of alkyl halides is 3. The van der Waals surface area contributed by atoms with Crippen LogP contribution in [-0.4, -0.2) is 78.4 Å². The quantitative estimate of drug-likeness (QED) is 0.175. The fourth-order valence-electron chi connectivity index (χ4n) is 4.81. The predicted molar refractivity (Wildman–Crippen MR) is 157 cm³/mol. The molecular formula is C30H37F3N6O4. The number of likely N-dealkylation sites (tertiary alicyclic amines) is 1. The zero-order valence-electron chi connectivity index (χ0n) is 24.9. The Hall–Kier alpha value is -3.97. The van der Waals surface area contributed by atoms with Gasteiger partial charge < -0.3 is 19.5 Å². The number of rotatable bonds is 10. The second-order valence-electron chi connectivity index (χ2n) is 11.3. The molecule has 43 heavy (non-hydrogen) atoms. The minimum Gasteiger partial charge on any atom is -0.491 e. The highest BCUT2D eigenvalue weighted by Crippen LogP contribution is 2.39. The normalized spacial score (nSPS) is 16.9. The molecule has 2 aromatic heterocycles. The van der Waals surface area contributed by atoms with Gasteiger partial charge in [-0.25, -0.2) is 14.8 Å². The van der Waals surface area contributed by atoms with Gasteiger partial charge in [0.05, 0.1) is 24.0 Å². The van der Waals surface area contributed by atoms with Crippen molar-refractivity contribution in [3.8, 4) is 5.75 Å². The van der Waals surface area contributed by atoms with Crippen LogP contribution in [0.2, 0.25) is 0 Å². The number of anilines is 1. The third-order valence-electron chi connectivity index (χ3n) is 6.73. The van der Waals surface area contributed by atoms with Crippen LogP contribution >= 0.6 is 0 Å². The van der Waals surface area contributed by atoms with E-state index < -0.39 is 30.0 Å². The first-order valence-electron chi connectivity index (χ1n) is 13.9. The molecule has 0 radical (unpaired) electrons. The molecule has 1 fully saturated rings. The van der Waals surface area contributed by atoms with Crippen LogP contribution in [0.15, 0.2) is 47.7 Å². The number of nitrogens with one attached hydrogen (secondary N) is 2. The molecule has 0 bridgehead atoms. The Labute approximate surface area is 248 Å². The molecule has 1 amide bonds. The average molecular weight is 603 g/mol. The lowest BCUT2D eigenvalue weighted by Crippen LogP contribution is -2.42. The first-order chi connectivity index (χ1) is 20.3. The van der Waals surface area contributed by atoms with E-state index in [1.54, 1.807) is 27.9 Å². The summed E-state index contributed by atoms with van der Waals surface area (Å²) in [6.45, 7) is 8.19. The number of ether oxygens (including phenoxy) is 3. The maximum absolute atomic E-state index is 14.2. The number of amides is 1. The standard InChI is InChI=1S/C30H37F3N6O4/c1-19-24(42-15-14-41-5)10-7-20-6-9-22(36-26(19)20)17-35-38-25-11-8-21(16-34-25)27(30(31,32)33)39-13-12-23(18-39)37-28(40)43-29(2,3)4/h6-11,16-17,23,27H,12-15,18H2,1-5H3,(H,34,38)(H,37,40)/b35-17-/t23-,27+/m0/s1. The maximum atomic E-state index is 14.2. The molecule has 10 nitrogen and oxygen atoms in total. The lowest BCUT2D eigenvalue weighted by molar-refractivity contribution is -0.183. The van der Waals surface area contributed by atoms with Gasteiger partial charge in [-0.2, -0.15) is 18.3 Å². The average Bonchev–Trinajstić information content (AvgIpc) is 3.36. The Kier molecular flexibility index (Phi) is 10.1. The minimum absolute atomic E-state index is 0.00450. The number of hydrogen-bond donors (Lipinski definition) is 2. The molecule has 0 aliphatic carbocycles. The van der Waals surface area contributed by atoms with E-state index in [1.807, 2.05) is 31.2 Å². The zero-order valence-corrected chi connectivity index (χ0v) is 24.9. The van der Waals surface area contributed by atoms with Crippen LogP contribution in [0.25, 0.3) is 10.9 Å². The van der Waals surface area contributed by atoms with Crippen molar-refractivity contribution >= 4 is 29.0 Å². The van der Waals surface area contributed by atoms with Crippen LogP contribution in [0, 0.1) is 6.92 Å². The van der Waals surface area contributed by atoms with E-state index in [9.17, 15) is 18.0 Å². The summed E-state index contributed by atoms with van der Waals surface area (Å²) in [7, 11) is 1.61. The van der Waals surface area contributed by atoms with Crippen molar-refractivity contribution in [1.82, 2.24) is 20.2 Å². The highest BCUT2D eigenvalue weighted by molar-refractivity contribution is 5.88. The van der Waals surface area contributed by atoms with Crippen molar-refractivity contribution in [2.24, 2.45) is 5.10 Å². The molecule has 2 N–H and O–H groups in total. The van der Waals surface area contributed by atoms with Crippen molar-refractivity contribution in [3.63, 3.8) is 0 Å². The highest BCUT2D eigenvalue weighted by atomic mass is 19.4. The molecule has 0 unspecified atom stereocenters. The fraction of sp³-hybridized carbons (Fsp3) is 0.467. The van der Waals surface area contributed by atoms with Crippen molar-refractivity contribution in [2.75, 3.05) is 38.8 Å². The number of hydrogen-bond acceptors (Lipinski definition) is 9. The Morgan fingerprint density at radius 2 is 1.93 bits per heavy atom. The van der Waals surface area contributed by atoms with Crippen LogP contribution in [0.4, 0.5) is 23.8 Å². The van der Waals surface area contributed by atoms with Gasteiger partial charge in [-0.05, 0) is 63.9 Å². The van der Waals surface area contributed by atoms with Gasteiger partial charge >= 0.3 is 12.3 Å². The van der Waals surface area contributed by atoms with Gasteiger partial charge in [0.2, 0.25) is 0 Å². The molecule has 0 saturated carbocycles. The molecule has 4 rings (SSSR count). The molecule has 1 aliphatic rings. The maximum Gasteiger partial charge on any atom is 0.408 e. The Balaban J connectivity index is 1.40. The van der Waals surface area contributed by atoms with Gasteiger partial charge in [0.25, 0.3) is 0 Å². The molecule has 232 valence electrons. The van der Waals surface area contributed by atoms with Crippen LogP contribution in [0.3, 0.4) is 0 Å². The number of benzene rings is 1. The van der Waals surface area contributed by atoms with E-state index in [1.165, 1.54) is 29.4 Å². The van der Waals surface area contributed by atoms with E-state index in [4.69, 9.17) is 14.2 Å². The molecule has 3 aromatic rings. The molecule has 1 aliphatic heterocycles. The second-order valence-corrected chi connectivity index (χ2v) is 11.3.